The zero-order valence-corrected chi connectivity index (χ0v) is 17.1. The maximum atomic E-state index is 11.4. The minimum atomic E-state index is 0.00468. The summed E-state index contributed by atoms with van der Waals surface area (Å²) < 4.78 is 10.8. The summed E-state index contributed by atoms with van der Waals surface area (Å²) in [5, 5.41) is 0. The third-order valence-corrected chi connectivity index (χ3v) is 3.24. The lowest BCUT2D eigenvalue weighted by atomic mass is 10.1. The van der Waals surface area contributed by atoms with E-state index in [4.69, 9.17) is 9.47 Å². The molecule has 0 unspecified atom stereocenters. The van der Waals surface area contributed by atoms with Crippen LogP contribution in [0.4, 0.5) is 0 Å². The number of rotatable bonds is 8. The fourth-order valence-electron chi connectivity index (χ4n) is 1.82. The molecule has 0 bridgehead atoms. The predicted octanol–water partition coefficient (Wildman–Crippen LogP) is 5.03. The number of pyridine rings is 1. The molecule has 1 aromatic rings. The molecule has 1 aromatic heterocycles. The minimum Gasteiger partial charge on any atom is -0.490 e. The molecule has 1 heterocycles. The second kappa shape index (κ2) is 12.9. The van der Waals surface area contributed by atoms with E-state index in [1.54, 1.807) is 6.20 Å². The zero-order valence-electron chi connectivity index (χ0n) is 17.1. The van der Waals surface area contributed by atoms with Gasteiger partial charge in [0.25, 0.3) is 0 Å². The van der Waals surface area contributed by atoms with Gasteiger partial charge in [0.05, 0.1) is 18.5 Å². The molecule has 0 spiro atoms. The number of Topliss-reactive ketones (excluding diaryl/α,β-unsaturated/α-hetero) is 1. The van der Waals surface area contributed by atoms with Crippen LogP contribution in [0.15, 0.2) is 54.4 Å². The first-order valence-corrected chi connectivity index (χ1v) is 9.39. The van der Waals surface area contributed by atoms with Crippen molar-refractivity contribution in [3.8, 4) is 5.75 Å². The van der Waals surface area contributed by atoms with Gasteiger partial charge in [-0.2, -0.15) is 0 Å². The van der Waals surface area contributed by atoms with Crippen molar-refractivity contribution >= 4 is 11.4 Å². The molecule has 0 atom stereocenters. The number of nitrogens with zero attached hydrogens (tertiary/aromatic N) is 1. The van der Waals surface area contributed by atoms with Crippen LogP contribution in [-0.2, 0) is 9.53 Å². The van der Waals surface area contributed by atoms with Crippen LogP contribution in [0.1, 0.15) is 40.3 Å². The number of hydrogen-bond acceptors (Lipinski definition) is 4. The Labute approximate surface area is 163 Å². The molecule has 0 aliphatic heterocycles. The van der Waals surface area contributed by atoms with Crippen molar-refractivity contribution in [2.24, 2.45) is 11.8 Å². The molecular weight excluding hydrogens is 338 g/mol. The van der Waals surface area contributed by atoms with E-state index in [9.17, 15) is 4.79 Å². The third-order valence-electron chi connectivity index (χ3n) is 3.24. The first kappa shape index (κ1) is 22.6. The molecule has 0 fully saturated rings. The molecule has 0 aromatic carbocycles. The Morgan fingerprint density at radius 3 is 2.48 bits per heavy atom. The Morgan fingerprint density at radius 2 is 1.85 bits per heavy atom. The summed E-state index contributed by atoms with van der Waals surface area (Å²) >= 11 is 0. The lowest BCUT2D eigenvalue weighted by Gasteiger charge is -2.08. The molecule has 27 heavy (non-hydrogen) atoms. The number of hydrogen-bond donors (Lipinski definition) is 0. The normalized spacial score (nSPS) is 12.5. The van der Waals surface area contributed by atoms with Gasteiger partial charge in [-0.05, 0) is 36.3 Å². The van der Waals surface area contributed by atoms with Crippen molar-refractivity contribution < 1.29 is 14.3 Å². The van der Waals surface area contributed by atoms with E-state index >= 15 is 0 Å². The first-order valence-electron chi connectivity index (χ1n) is 9.39. The lowest BCUT2D eigenvalue weighted by Crippen LogP contribution is -2.17. The predicted molar refractivity (Wildman–Crippen MR) is 111 cm³/mol. The zero-order chi connectivity index (χ0) is 20.1. The van der Waals surface area contributed by atoms with E-state index in [-0.39, 0.29) is 18.3 Å². The standard InChI is InChI=1S/C19H21NO3.C4H10/c1-15(2)19(21)14-22-11-12-23-17-9-10-18(20-13-17)16-7-5-3-4-6-8-16;1-4(2)3/h3,5-10,13,15H,11-12,14H2,1-2H3;4H,1-3H3. The number of carbonyl (C=O) groups is 1. The summed E-state index contributed by atoms with van der Waals surface area (Å²) in [7, 11) is 0. The van der Waals surface area contributed by atoms with Gasteiger partial charge in [-0.25, -0.2) is 0 Å². The third kappa shape index (κ3) is 10.3. The van der Waals surface area contributed by atoms with Gasteiger partial charge in [0.15, 0.2) is 5.78 Å². The molecule has 1 aliphatic carbocycles. The average molecular weight is 370 g/mol. The number of ether oxygens (including phenoxy) is 2. The van der Waals surface area contributed by atoms with Crippen LogP contribution in [0.25, 0.3) is 5.57 Å². The Hall–Kier alpha value is -2.42. The Balaban J connectivity index is 0.000000828. The van der Waals surface area contributed by atoms with Gasteiger partial charge in [0.1, 0.15) is 19.0 Å². The topological polar surface area (TPSA) is 48.4 Å². The van der Waals surface area contributed by atoms with Crippen LogP contribution in [0.5, 0.6) is 5.75 Å². The first-order chi connectivity index (χ1) is 12.9. The largest absolute Gasteiger partial charge is 0.490 e. The molecule has 0 N–H and O–H groups in total. The van der Waals surface area contributed by atoms with Crippen LogP contribution in [0, 0.1) is 11.8 Å². The van der Waals surface area contributed by atoms with E-state index in [1.807, 2.05) is 56.4 Å². The van der Waals surface area contributed by atoms with Crippen molar-refractivity contribution in [2.75, 3.05) is 19.8 Å². The van der Waals surface area contributed by atoms with E-state index in [0.29, 0.717) is 19.0 Å². The van der Waals surface area contributed by atoms with E-state index in [1.165, 1.54) is 0 Å². The summed E-state index contributed by atoms with van der Waals surface area (Å²) in [6.07, 6.45) is 11.3. The van der Waals surface area contributed by atoms with Crippen LogP contribution < -0.4 is 4.74 Å². The molecule has 2 rings (SSSR count). The second-order valence-corrected chi connectivity index (χ2v) is 7.11. The average Bonchev–Trinajstić information content (AvgIpc) is 2.90. The summed E-state index contributed by atoms with van der Waals surface area (Å²) in [5.74, 6) is 1.62. The van der Waals surface area contributed by atoms with Gasteiger partial charge in [0.2, 0.25) is 0 Å². The fourth-order valence-corrected chi connectivity index (χ4v) is 1.82. The second-order valence-electron chi connectivity index (χ2n) is 7.11. The van der Waals surface area contributed by atoms with Crippen molar-refractivity contribution in [2.45, 2.75) is 34.6 Å². The summed E-state index contributed by atoms with van der Waals surface area (Å²) in [6, 6.07) is 3.78. The maximum Gasteiger partial charge on any atom is 0.160 e. The van der Waals surface area contributed by atoms with Crippen LogP contribution >= 0.6 is 0 Å². The highest BCUT2D eigenvalue weighted by Gasteiger charge is 2.06. The highest BCUT2D eigenvalue weighted by molar-refractivity contribution is 5.81. The fraction of sp³-hybridized carbons (Fsp3) is 0.435. The number of carbonyl (C=O) groups excluding carboxylic acids is 1. The van der Waals surface area contributed by atoms with Gasteiger partial charge in [0, 0.05) is 11.5 Å². The van der Waals surface area contributed by atoms with Crippen LogP contribution in [0.2, 0.25) is 0 Å². The maximum absolute atomic E-state index is 11.4. The van der Waals surface area contributed by atoms with E-state index in [2.05, 4.69) is 31.5 Å². The molecule has 0 amide bonds. The summed E-state index contributed by atoms with van der Waals surface area (Å²) in [6.45, 7) is 11.1. The highest BCUT2D eigenvalue weighted by Crippen LogP contribution is 2.18. The minimum absolute atomic E-state index is 0.00468. The van der Waals surface area contributed by atoms with E-state index < -0.39 is 0 Å². The highest BCUT2D eigenvalue weighted by atomic mass is 16.5. The van der Waals surface area contributed by atoms with Gasteiger partial charge < -0.3 is 9.47 Å². The molecule has 0 saturated carbocycles. The summed E-state index contributed by atoms with van der Waals surface area (Å²) in [4.78, 5) is 15.8. The molecular formula is C23H31NO3. The van der Waals surface area contributed by atoms with Crippen molar-refractivity contribution in [1.29, 1.82) is 0 Å². The molecule has 0 saturated heterocycles. The monoisotopic (exact) mass is 369 g/mol. The molecule has 4 nitrogen and oxygen atoms in total. The molecule has 0 radical (unpaired) electrons. The SMILES string of the molecule is CC(C)C.CC(C)C(=O)COCCOc1ccc(C2=CC=C=CC=C2)nc1. The van der Waals surface area contributed by atoms with E-state index in [0.717, 1.165) is 17.2 Å². The van der Waals surface area contributed by atoms with Gasteiger partial charge in [-0.3, -0.25) is 9.78 Å². The van der Waals surface area contributed by atoms with Gasteiger partial charge in [-0.1, -0.05) is 46.8 Å². The van der Waals surface area contributed by atoms with Gasteiger partial charge >= 0.3 is 0 Å². The Kier molecular flexibility index (Phi) is 10.8. The molecule has 146 valence electrons. The lowest BCUT2D eigenvalue weighted by molar-refractivity contribution is -0.126. The summed E-state index contributed by atoms with van der Waals surface area (Å²) in [5.41, 5.74) is 4.91. The number of aromatic nitrogens is 1. The molecule has 1 aliphatic rings. The number of allylic oxidation sites excluding steroid dienone is 5. The smallest absolute Gasteiger partial charge is 0.160 e. The van der Waals surface area contributed by atoms with Gasteiger partial charge in [-0.15, -0.1) is 5.73 Å². The number of ketones is 1. The molecule has 4 heteroatoms. The quantitative estimate of drug-likeness (QED) is 0.476. The Morgan fingerprint density at radius 1 is 1.11 bits per heavy atom. The Bertz CT molecular complexity index is 688. The van der Waals surface area contributed by atoms with Crippen molar-refractivity contribution in [3.63, 3.8) is 0 Å². The van der Waals surface area contributed by atoms with Crippen LogP contribution in [-0.4, -0.2) is 30.6 Å². The van der Waals surface area contributed by atoms with Crippen molar-refractivity contribution in [3.05, 3.63) is 60.1 Å². The van der Waals surface area contributed by atoms with Crippen LogP contribution in [0.3, 0.4) is 0 Å². The van der Waals surface area contributed by atoms with Crippen molar-refractivity contribution in [1.82, 2.24) is 4.98 Å².